The van der Waals surface area contributed by atoms with Crippen LogP contribution in [0, 0.1) is 0 Å². The van der Waals surface area contributed by atoms with Gasteiger partial charge in [0.2, 0.25) is 5.89 Å². The van der Waals surface area contributed by atoms with Crippen LogP contribution in [0.15, 0.2) is 65.5 Å². The quantitative estimate of drug-likeness (QED) is 0.801. The Balaban J connectivity index is 1.52. The molecular formula is C19H20N4O. The molecule has 1 atom stereocenters. The molecule has 0 saturated carbocycles. The molecule has 1 aliphatic heterocycles. The van der Waals surface area contributed by atoms with Crippen molar-refractivity contribution in [2.24, 2.45) is 0 Å². The molecule has 5 heteroatoms. The lowest BCUT2D eigenvalue weighted by atomic mass is 10.1. The predicted octanol–water partition coefficient (Wildman–Crippen LogP) is 2.88. The Hall–Kier alpha value is -2.50. The summed E-state index contributed by atoms with van der Waals surface area (Å²) in [4.78, 5) is 11.1. The van der Waals surface area contributed by atoms with E-state index in [4.69, 9.17) is 4.42 Å². The summed E-state index contributed by atoms with van der Waals surface area (Å²) in [5.74, 6) is 1.57. The first kappa shape index (κ1) is 15.1. The van der Waals surface area contributed by atoms with Crippen LogP contribution in [0.3, 0.4) is 0 Å². The van der Waals surface area contributed by atoms with E-state index in [2.05, 4.69) is 26.3 Å². The third kappa shape index (κ3) is 3.22. The number of nitrogens with zero attached hydrogens (tertiary/aromatic N) is 3. The molecule has 5 nitrogen and oxygen atoms in total. The van der Waals surface area contributed by atoms with Gasteiger partial charge < -0.3 is 9.73 Å². The third-order valence-corrected chi connectivity index (χ3v) is 4.37. The van der Waals surface area contributed by atoms with Gasteiger partial charge in [-0.3, -0.25) is 9.88 Å². The largest absolute Gasteiger partial charge is 0.439 e. The van der Waals surface area contributed by atoms with E-state index < -0.39 is 0 Å². The van der Waals surface area contributed by atoms with E-state index in [1.165, 1.54) is 5.56 Å². The highest BCUT2D eigenvalue weighted by Crippen LogP contribution is 2.25. The van der Waals surface area contributed by atoms with Gasteiger partial charge >= 0.3 is 0 Å². The Labute approximate surface area is 141 Å². The molecule has 3 heterocycles. The number of oxazole rings is 1. The second-order valence-corrected chi connectivity index (χ2v) is 5.96. The van der Waals surface area contributed by atoms with Crippen LogP contribution >= 0.6 is 0 Å². The van der Waals surface area contributed by atoms with Crippen LogP contribution in [0.1, 0.15) is 17.5 Å². The highest BCUT2D eigenvalue weighted by Gasteiger charge is 2.25. The van der Waals surface area contributed by atoms with E-state index in [-0.39, 0.29) is 0 Å². The first-order chi connectivity index (χ1) is 11.9. The van der Waals surface area contributed by atoms with Gasteiger partial charge in [0.25, 0.3) is 0 Å². The molecule has 122 valence electrons. The number of aromatic nitrogens is 2. The summed E-state index contributed by atoms with van der Waals surface area (Å²) >= 11 is 0. The van der Waals surface area contributed by atoms with E-state index in [0.717, 1.165) is 36.8 Å². The molecule has 1 aliphatic rings. The fourth-order valence-electron chi connectivity index (χ4n) is 3.13. The maximum Gasteiger partial charge on any atom is 0.209 e. The Kier molecular flexibility index (Phi) is 4.36. The standard InChI is InChI=1S/C19H20N4O/c1-2-5-15(6-3-1)18-13-22-19(24-18)14-23-10-9-21-12-17(23)16-7-4-8-20-11-16/h1-8,11,13,17,21H,9-10,12,14H2. The molecule has 0 amide bonds. The van der Waals surface area contributed by atoms with Crippen molar-refractivity contribution < 1.29 is 4.42 Å². The SMILES string of the molecule is c1ccc(-c2cnc(CN3CCNCC3c3cccnc3)o2)cc1. The lowest BCUT2D eigenvalue weighted by molar-refractivity contribution is 0.140. The first-order valence-electron chi connectivity index (χ1n) is 8.25. The molecule has 1 saturated heterocycles. The van der Waals surface area contributed by atoms with Crippen LogP contribution in [0.5, 0.6) is 0 Å². The molecule has 0 radical (unpaired) electrons. The zero-order chi connectivity index (χ0) is 16.2. The van der Waals surface area contributed by atoms with E-state index in [1.54, 1.807) is 0 Å². The summed E-state index contributed by atoms with van der Waals surface area (Å²) in [7, 11) is 0. The lowest BCUT2D eigenvalue weighted by Crippen LogP contribution is -2.45. The van der Waals surface area contributed by atoms with Gasteiger partial charge in [-0.1, -0.05) is 36.4 Å². The smallest absolute Gasteiger partial charge is 0.209 e. The fourth-order valence-corrected chi connectivity index (χ4v) is 3.13. The van der Waals surface area contributed by atoms with Crippen LogP contribution in [-0.4, -0.2) is 34.5 Å². The minimum Gasteiger partial charge on any atom is -0.439 e. The van der Waals surface area contributed by atoms with Gasteiger partial charge in [0, 0.05) is 43.6 Å². The Morgan fingerprint density at radius 2 is 2.04 bits per heavy atom. The van der Waals surface area contributed by atoms with Crippen LogP contribution in [0.25, 0.3) is 11.3 Å². The van der Waals surface area contributed by atoms with Crippen LogP contribution in [-0.2, 0) is 6.54 Å². The molecule has 2 aromatic heterocycles. The highest BCUT2D eigenvalue weighted by molar-refractivity contribution is 5.55. The second kappa shape index (κ2) is 6.95. The van der Waals surface area contributed by atoms with Crippen molar-refractivity contribution in [3.63, 3.8) is 0 Å². The van der Waals surface area contributed by atoms with Gasteiger partial charge in [-0.25, -0.2) is 4.98 Å². The molecule has 0 bridgehead atoms. The molecule has 3 aromatic rings. The third-order valence-electron chi connectivity index (χ3n) is 4.37. The molecule has 0 aliphatic carbocycles. The zero-order valence-corrected chi connectivity index (χ0v) is 13.4. The molecule has 1 fully saturated rings. The van der Waals surface area contributed by atoms with E-state index in [1.807, 2.05) is 55.0 Å². The van der Waals surface area contributed by atoms with E-state index in [0.29, 0.717) is 12.6 Å². The molecule has 0 spiro atoms. The van der Waals surface area contributed by atoms with Gasteiger partial charge in [-0.15, -0.1) is 0 Å². The maximum atomic E-state index is 5.97. The Morgan fingerprint density at radius 1 is 1.12 bits per heavy atom. The van der Waals surface area contributed by atoms with Crippen LogP contribution < -0.4 is 5.32 Å². The average molecular weight is 320 g/mol. The molecule has 4 rings (SSSR count). The van der Waals surface area contributed by atoms with Crippen molar-refractivity contribution in [1.29, 1.82) is 0 Å². The number of piperazine rings is 1. The van der Waals surface area contributed by atoms with Crippen molar-refractivity contribution in [2.45, 2.75) is 12.6 Å². The van der Waals surface area contributed by atoms with Gasteiger partial charge in [0.05, 0.1) is 12.7 Å². The van der Waals surface area contributed by atoms with Gasteiger partial charge in [0.15, 0.2) is 5.76 Å². The van der Waals surface area contributed by atoms with E-state index >= 15 is 0 Å². The number of rotatable bonds is 4. The number of hydrogen-bond donors (Lipinski definition) is 1. The lowest BCUT2D eigenvalue weighted by Gasteiger charge is -2.35. The number of pyridine rings is 1. The predicted molar refractivity (Wildman–Crippen MR) is 92.2 cm³/mol. The van der Waals surface area contributed by atoms with Crippen LogP contribution in [0.4, 0.5) is 0 Å². The van der Waals surface area contributed by atoms with Gasteiger partial charge in [-0.05, 0) is 11.6 Å². The van der Waals surface area contributed by atoms with Crippen molar-refractivity contribution in [2.75, 3.05) is 19.6 Å². The summed E-state index contributed by atoms with van der Waals surface area (Å²) in [6, 6.07) is 14.5. The van der Waals surface area contributed by atoms with E-state index in [9.17, 15) is 0 Å². The molecule has 1 N–H and O–H groups in total. The minimum atomic E-state index is 0.291. The van der Waals surface area contributed by atoms with Crippen molar-refractivity contribution in [1.82, 2.24) is 20.2 Å². The maximum absolute atomic E-state index is 5.97. The average Bonchev–Trinajstić information content (AvgIpc) is 3.12. The number of nitrogens with one attached hydrogen (secondary N) is 1. The molecule has 1 aromatic carbocycles. The minimum absolute atomic E-state index is 0.291. The van der Waals surface area contributed by atoms with Crippen molar-refractivity contribution in [3.05, 3.63) is 72.5 Å². The fraction of sp³-hybridized carbons (Fsp3) is 0.263. The zero-order valence-electron chi connectivity index (χ0n) is 13.4. The Morgan fingerprint density at radius 3 is 2.88 bits per heavy atom. The molecular weight excluding hydrogens is 300 g/mol. The molecule has 1 unspecified atom stereocenters. The van der Waals surface area contributed by atoms with Crippen molar-refractivity contribution >= 4 is 0 Å². The highest BCUT2D eigenvalue weighted by atomic mass is 16.4. The first-order valence-corrected chi connectivity index (χ1v) is 8.25. The summed E-state index contributed by atoms with van der Waals surface area (Å²) < 4.78 is 5.97. The summed E-state index contributed by atoms with van der Waals surface area (Å²) in [6.45, 7) is 3.55. The summed E-state index contributed by atoms with van der Waals surface area (Å²) in [5, 5.41) is 3.46. The monoisotopic (exact) mass is 320 g/mol. The second-order valence-electron chi connectivity index (χ2n) is 5.96. The van der Waals surface area contributed by atoms with Crippen molar-refractivity contribution in [3.8, 4) is 11.3 Å². The number of benzene rings is 1. The summed E-state index contributed by atoms with van der Waals surface area (Å²) in [5.41, 5.74) is 2.28. The topological polar surface area (TPSA) is 54.2 Å². The molecule has 24 heavy (non-hydrogen) atoms. The normalized spacial score (nSPS) is 18.6. The summed E-state index contributed by atoms with van der Waals surface area (Å²) in [6.07, 6.45) is 5.56. The number of hydrogen-bond acceptors (Lipinski definition) is 5. The Bertz CT molecular complexity index is 772. The van der Waals surface area contributed by atoms with Crippen LogP contribution in [0.2, 0.25) is 0 Å². The van der Waals surface area contributed by atoms with Gasteiger partial charge in [0.1, 0.15) is 0 Å². The van der Waals surface area contributed by atoms with Gasteiger partial charge in [-0.2, -0.15) is 0 Å².